The number of aliphatic imine (C=N–C) groups is 1. The smallest absolute Gasteiger partial charge is 0.309 e. The molecule has 7 nitrogen and oxygen atoms in total. The number of benzene rings is 2. The van der Waals surface area contributed by atoms with Gasteiger partial charge in [-0.15, -0.1) is 24.0 Å². The van der Waals surface area contributed by atoms with Gasteiger partial charge in [0.1, 0.15) is 5.75 Å². The van der Waals surface area contributed by atoms with Gasteiger partial charge in [0.05, 0.1) is 19.6 Å². The van der Waals surface area contributed by atoms with Crippen LogP contribution in [-0.4, -0.2) is 50.7 Å². The lowest BCUT2D eigenvalue weighted by atomic mass is 9.97. The largest absolute Gasteiger partial charge is 0.493 e. The second-order valence-electron chi connectivity index (χ2n) is 7.31. The minimum atomic E-state index is -0.0828. The van der Waals surface area contributed by atoms with Crippen LogP contribution in [0.1, 0.15) is 25.3 Å². The molecular weight excluding hydrogens is 521 g/mol. The second kappa shape index (κ2) is 13.1. The normalized spacial score (nSPS) is 14.3. The summed E-state index contributed by atoms with van der Waals surface area (Å²) in [4.78, 5) is 18.5. The van der Waals surface area contributed by atoms with Gasteiger partial charge < -0.3 is 24.4 Å². The summed E-state index contributed by atoms with van der Waals surface area (Å²) in [6.45, 7) is 4.50. The second-order valence-corrected chi connectivity index (χ2v) is 7.31. The van der Waals surface area contributed by atoms with Crippen molar-refractivity contribution in [2.24, 2.45) is 10.9 Å². The summed E-state index contributed by atoms with van der Waals surface area (Å²) in [5.74, 6) is 2.88. The Balaban J connectivity index is 0.00000363. The first-order valence-electron chi connectivity index (χ1n) is 10.7. The highest BCUT2D eigenvalue weighted by Gasteiger charge is 2.27. The number of methoxy groups -OCH3 is 1. The summed E-state index contributed by atoms with van der Waals surface area (Å²) >= 11 is 0. The van der Waals surface area contributed by atoms with Gasteiger partial charge in [-0.3, -0.25) is 9.79 Å². The Kier molecular flexibility index (Phi) is 10.6. The standard InChI is InChI=1S/C24H31N3O4.HI/c1-4-30-23(28)19-13-15-27(16-14-19)24(25-2)26-17-18-9-11-20(12-10-18)31-22-8-6-5-7-21(22)29-3;/h5-12,19H,4,13-17H2,1-3H3,(H,25,26);1H. The van der Waals surface area contributed by atoms with Crippen LogP contribution in [0.15, 0.2) is 53.5 Å². The maximum Gasteiger partial charge on any atom is 0.309 e. The van der Waals surface area contributed by atoms with Crippen molar-refractivity contribution in [1.29, 1.82) is 0 Å². The molecule has 174 valence electrons. The number of guanidine groups is 1. The van der Waals surface area contributed by atoms with Gasteiger partial charge in [0.2, 0.25) is 0 Å². The zero-order valence-corrected chi connectivity index (χ0v) is 21.2. The molecule has 0 bridgehead atoms. The first-order valence-corrected chi connectivity index (χ1v) is 10.7. The third kappa shape index (κ3) is 7.01. The minimum absolute atomic E-state index is 0. The van der Waals surface area contributed by atoms with E-state index in [-0.39, 0.29) is 35.9 Å². The Morgan fingerprint density at radius 1 is 1.09 bits per heavy atom. The average Bonchev–Trinajstić information content (AvgIpc) is 2.81. The number of piperidine rings is 1. The van der Waals surface area contributed by atoms with Crippen molar-refractivity contribution in [3.63, 3.8) is 0 Å². The van der Waals surface area contributed by atoms with Crippen LogP contribution < -0.4 is 14.8 Å². The summed E-state index contributed by atoms with van der Waals surface area (Å²) in [6, 6.07) is 15.5. The van der Waals surface area contributed by atoms with Crippen LogP contribution in [-0.2, 0) is 16.1 Å². The molecule has 0 aromatic heterocycles. The number of hydrogen-bond acceptors (Lipinski definition) is 5. The number of halogens is 1. The number of nitrogens with zero attached hydrogens (tertiary/aromatic N) is 2. The Bertz CT molecular complexity index is 881. The molecular formula is C24H32IN3O4. The topological polar surface area (TPSA) is 72.4 Å². The van der Waals surface area contributed by atoms with Crippen LogP contribution in [0.4, 0.5) is 0 Å². The van der Waals surface area contributed by atoms with E-state index in [1.807, 2.05) is 55.5 Å². The van der Waals surface area contributed by atoms with E-state index < -0.39 is 0 Å². The lowest BCUT2D eigenvalue weighted by Crippen LogP contribution is -2.46. The molecule has 0 amide bonds. The van der Waals surface area contributed by atoms with Gasteiger partial charge in [-0.2, -0.15) is 0 Å². The fraction of sp³-hybridized carbons (Fsp3) is 0.417. The van der Waals surface area contributed by atoms with Crippen molar-refractivity contribution >= 4 is 35.9 Å². The van der Waals surface area contributed by atoms with Crippen molar-refractivity contribution in [2.75, 3.05) is 33.9 Å². The molecule has 1 N–H and O–H groups in total. The van der Waals surface area contributed by atoms with Crippen LogP contribution in [0.2, 0.25) is 0 Å². The summed E-state index contributed by atoms with van der Waals surface area (Å²) in [6.07, 6.45) is 1.57. The Hall–Kier alpha value is -2.49. The Morgan fingerprint density at radius 2 is 1.75 bits per heavy atom. The number of esters is 1. The van der Waals surface area contributed by atoms with E-state index in [9.17, 15) is 4.79 Å². The van der Waals surface area contributed by atoms with E-state index in [0.717, 1.165) is 43.2 Å². The van der Waals surface area contributed by atoms with Crippen LogP contribution in [0.5, 0.6) is 17.2 Å². The number of carbonyl (C=O) groups excluding carboxylic acids is 1. The number of nitrogens with one attached hydrogen (secondary N) is 1. The Morgan fingerprint density at radius 3 is 2.34 bits per heavy atom. The number of likely N-dealkylation sites (tertiary alicyclic amines) is 1. The van der Waals surface area contributed by atoms with Gasteiger partial charge in [0.15, 0.2) is 17.5 Å². The predicted octanol–water partition coefficient (Wildman–Crippen LogP) is 4.46. The highest BCUT2D eigenvalue weighted by Crippen LogP contribution is 2.30. The van der Waals surface area contributed by atoms with Gasteiger partial charge in [-0.05, 0) is 49.6 Å². The van der Waals surface area contributed by atoms with Gasteiger partial charge in [-0.1, -0.05) is 24.3 Å². The van der Waals surface area contributed by atoms with Gasteiger partial charge in [-0.25, -0.2) is 0 Å². The lowest BCUT2D eigenvalue weighted by Gasteiger charge is -2.33. The predicted molar refractivity (Wildman–Crippen MR) is 136 cm³/mol. The van der Waals surface area contributed by atoms with E-state index in [1.54, 1.807) is 14.2 Å². The van der Waals surface area contributed by atoms with E-state index in [0.29, 0.717) is 24.7 Å². The highest BCUT2D eigenvalue weighted by molar-refractivity contribution is 14.0. The van der Waals surface area contributed by atoms with Gasteiger partial charge >= 0.3 is 5.97 Å². The number of rotatable bonds is 7. The number of ether oxygens (including phenoxy) is 3. The summed E-state index contributed by atoms with van der Waals surface area (Å²) in [7, 11) is 3.41. The molecule has 0 unspecified atom stereocenters. The monoisotopic (exact) mass is 553 g/mol. The van der Waals surface area contributed by atoms with E-state index in [4.69, 9.17) is 14.2 Å². The third-order valence-electron chi connectivity index (χ3n) is 5.30. The first-order chi connectivity index (χ1) is 15.1. The van der Waals surface area contributed by atoms with Crippen molar-refractivity contribution < 1.29 is 19.0 Å². The zero-order valence-electron chi connectivity index (χ0n) is 18.9. The van der Waals surface area contributed by atoms with Gasteiger partial charge in [0.25, 0.3) is 0 Å². The zero-order chi connectivity index (χ0) is 22.1. The van der Waals surface area contributed by atoms with E-state index >= 15 is 0 Å². The molecule has 2 aromatic rings. The first kappa shape index (κ1) is 25.8. The Labute approximate surface area is 207 Å². The average molecular weight is 553 g/mol. The quantitative estimate of drug-likeness (QED) is 0.237. The fourth-order valence-corrected chi connectivity index (χ4v) is 3.61. The van der Waals surface area contributed by atoms with E-state index in [2.05, 4.69) is 15.2 Å². The molecule has 3 rings (SSSR count). The summed E-state index contributed by atoms with van der Waals surface area (Å²) in [5.41, 5.74) is 1.12. The maximum absolute atomic E-state index is 11.9. The molecule has 32 heavy (non-hydrogen) atoms. The van der Waals surface area contributed by atoms with Gasteiger partial charge in [0, 0.05) is 26.7 Å². The molecule has 1 aliphatic rings. The highest BCUT2D eigenvalue weighted by atomic mass is 127. The number of para-hydroxylation sites is 2. The van der Waals surface area contributed by atoms with Crippen molar-refractivity contribution in [3.8, 4) is 17.2 Å². The third-order valence-corrected chi connectivity index (χ3v) is 5.30. The molecule has 2 aromatic carbocycles. The molecule has 1 aliphatic heterocycles. The number of hydrogen-bond donors (Lipinski definition) is 1. The summed E-state index contributed by atoms with van der Waals surface area (Å²) in [5, 5.41) is 3.41. The minimum Gasteiger partial charge on any atom is -0.493 e. The molecule has 1 fully saturated rings. The van der Waals surface area contributed by atoms with Crippen molar-refractivity contribution in [3.05, 3.63) is 54.1 Å². The fourth-order valence-electron chi connectivity index (χ4n) is 3.61. The van der Waals surface area contributed by atoms with Crippen molar-refractivity contribution in [2.45, 2.75) is 26.3 Å². The number of carbonyl (C=O) groups is 1. The molecule has 0 spiro atoms. The molecule has 0 atom stereocenters. The maximum atomic E-state index is 11.9. The lowest BCUT2D eigenvalue weighted by molar-refractivity contribution is -0.149. The van der Waals surface area contributed by atoms with Crippen LogP contribution in [0.25, 0.3) is 0 Å². The van der Waals surface area contributed by atoms with Crippen LogP contribution in [0, 0.1) is 5.92 Å². The molecule has 0 aliphatic carbocycles. The van der Waals surface area contributed by atoms with E-state index in [1.165, 1.54) is 0 Å². The SMILES string of the molecule is CCOC(=O)C1CCN(C(=NC)NCc2ccc(Oc3ccccc3OC)cc2)CC1.I. The molecule has 0 radical (unpaired) electrons. The molecule has 1 heterocycles. The molecule has 0 saturated carbocycles. The van der Waals surface area contributed by atoms with Crippen LogP contribution in [0.3, 0.4) is 0 Å². The van der Waals surface area contributed by atoms with Crippen molar-refractivity contribution in [1.82, 2.24) is 10.2 Å². The molecule has 1 saturated heterocycles. The molecule has 8 heteroatoms. The summed E-state index contributed by atoms with van der Waals surface area (Å²) < 4.78 is 16.4. The van der Waals surface area contributed by atoms with Crippen LogP contribution >= 0.6 is 24.0 Å².